The highest BCUT2D eigenvalue weighted by Crippen LogP contribution is 2.30. The highest BCUT2D eigenvalue weighted by atomic mass is 79.9. The Hall–Kier alpha value is -1.66. The Morgan fingerprint density at radius 2 is 1.86 bits per heavy atom. The molecule has 0 aliphatic rings. The van der Waals surface area contributed by atoms with Crippen molar-refractivity contribution < 1.29 is 31.1 Å². The van der Waals surface area contributed by atoms with Gasteiger partial charge < -0.3 is 26.5 Å². The van der Waals surface area contributed by atoms with Crippen LogP contribution in [0, 0.1) is 6.92 Å². The molecule has 118 valence electrons. The summed E-state index contributed by atoms with van der Waals surface area (Å²) in [6.45, 7) is 6.44. The summed E-state index contributed by atoms with van der Waals surface area (Å²) in [6.07, 6.45) is 5.85. The van der Waals surface area contributed by atoms with Crippen molar-refractivity contribution >= 4 is 23.5 Å². The molecular weight excluding hydrogens is 364 g/mol. The van der Waals surface area contributed by atoms with Gasteiger partial charge in [0, 0.05) is 11.2 Å². The molecule has 1 heterocycles. The topological polar surface area (TPSA) is 35.2 Å². The molecule has 0 atom stereocenters. The van der Waals surface area contributed by atoms with Crippen LogP contribution in [-0.4, -0.2) is 19.3 Å². The maximum absolute atomic E-state index is 5.39. The van der Waals surface area contributed by atoms with Gasteiger partial charge in [0.25, 0.3) is 5.01 Å². The Morgan fingerprint density at radius 3 is 2.41 bits per heavy atom. The molecule has 0 fully saturated rings. The Morgan fingerprint density at radius 1 is 1.23 bits per heavy atom. The third-order valence-corrected chi connectivity index (χ3v) is 3.86. The predicted molar refractivity (Wildman–Crippen MR) is 85.7 cm³/mol. The molecule has 0 saturated heterocycles. The third kappa shape index (κ3) is 4.18. The van der Waals surface area contributed by atoms with E-state index in [2.05, 4.69) is 11.7 Å². The Kier molecular flexibility index (Phi) is 7.27. The van der Waals surface area contributed by atoms with Gasteiger partial charge in [-0.05, 0) is 42.5 Å². The molecule has 6 heteroatoms. The molecule has 0 aliphatic carbocycles. The number of ether oxygens (including phenoxy) is 2. The van der Waals surface area contributed by atoms with E-state index in [0.29, 0.717) is 6.54 Å². The van der Waals surface area contributed by atoms with Gasteiger partial charge in [0.05, 0.1) is 19.8 Å². The average molecular weight is 383 g/mol. The minimum atomic E-state index is 0. The zero-order valence-corrected chi connectivity index (χ0v) is 15.3. The first-order valence-electron chi connectivity index (χ1n) is 6.57. The highest BCUT2D eigenvalue weighted by molar-refractivity contribution is 7.11. The molecule has 0 amide bonds. The van der Waals surface area contributed by atoms with Crippen LogP contribution in [0.5, 0.6) is 11.5 Å². The van der Waals surface area contributed by atoms with E-state index >= 15 is 0 Å². The van der Waals surface area contributed by atoms with Crippen molar-refractivity contribution in [1.29, 1.82) is 0 Å². The zero-order valence-electron chi connectivity index (χ0n) is 12.9. The van der Waals surface area contributed by atoms with Crippen molar-refractivity contribution in [1.82, 2.24) is 5.10 Å². The average Bonchev–Trinajstić information content (AvgIpc) is 2.84. The summed E-state index contributed by atoms with van der Waals surface area (Å²) in [5.74, 6) is 1.56. The monoisotopic (exact) mass is 382 g/mol. The summed E-state index contributed by atoms with van der Waals surface area (Å²) >= 11 is 1.64. The van der Waals surface area contributed by atoms with E-state index in [4.69, 9.17) is 9.47 Å². The molecule has 0 saturated carbocycles. The summed E-state index contributed by atoms with van der Waals surface area (Å²) in [5, 5.41) is 6.52. The van der Waals surface area contributed by atoms with Gasteiger partial charge in [0.2, 0.25) is 0 Å². The maximum Gasteiger partial charge on any atom is 0.289 e. The van der Waals surface area contributed by atoms with Gasteiger partial charge in [-0.1, -0.05) is 17.3 Å². The molecule has 0 bridgehead atoms. The van der Waals surface area contributed by atoms with Crippen LogP contribution >= 0.6 is 11.3 Å². The number of aryl methyl sites for hydroxylation is 1. The summed E-state index contributed by atoms with van der Waals surface area (Å²) < 4.78 is 12.7. The number of halogens is 1. The number of rotatable bonds is 6. The first-order chi connectivity index (χ1) is 10.2. The van der Waals surface area contributed by atoms with Crippen molar-refractivity contribution in [2.45, 2.75) is 13.5 Å². The van der Waals surface area contributed by atoms with Gasteiger partial charge in [-0.3, -0.25) is 0 Å². The molecule has 0 spiro atoms. The fourth-order valence-electron chi connectivity index (χ4n) is 2.02. The van der Waals surface area contributed by atoms with Gasteiger partial charge >= 0.3 is 0 Å². The number of nitrogens with zero attached hydrogens (tertiary/aromatic N) is 2. The van der Waals surface area contributed by atoms with Crippen LogP contribution in [0.3, 0.4) is 0 Å². The van der Waals surface area contributed by atoms with E-state index in [9.17, 15) is 0 Å². The van der Waals surface area contributed by atoms with Crippen LogP contribution in [0.25, 0.3) is 12.2 Å². The van der Waals surface area contributed by atoms with E-state index in [1.54, 1.807) is 25.6 Å². The molecular formula is C16H19BrN2O2S. The normalized spacial score (nSPS) is 10.3. The molecule has 2 rings (SSSR count). The summed E-state index contributed by atoms with van der Waals surface area (Å²) in [7, 11) is 3.31. The van der Waals surface area contributed by atoms with E-state index in [1.165, 1.54) is 0 Å². The minimum Gasteiger partial charge on any atom is -1.00 e. The summed E-state index contributed by atoms with van der Waals surface area (Å²) in [4.78, 5) is 0. The van der Waals surface area contributed by atoms with Crippen LogP contribution in [0.2, 0.25) is 0 Å². The summed E-state index contributed by atoms with van der Waals surface area (Å²) in [6, 6.07) is 5.74. The number of benzene rings is 1. The van der Waals surface area contributed by atoms with Crippen molar-refractivity contribution in [3.05, 3.63) is 46.4 Å². The van der Waals surface area contributed by atoms with Gasteiger partial charge in [0.15, 0.2) is 11.6 Å². The van der Waals surface area contributed by atoms with Gasteiger partial charge in [-0.2, -0.15) is 0 Å². The molecule has 0 aliphatic heterocycles. The molecule has 2 aromatic rings. The molecule has 4 nitrogen and oxygen atoms in total. The van der Waals surface area contributed by atoms with Crippen molar-refractivity contribution in [3.8, 4) is 11.5 Å². The number of hydrogen-bond acceptors (Lipinski definition) is 4. The molecule has 1 aromatic carbocycles. The number of methoxy groups -OCH3 is 2. The Labute approximate surface area is 145 Å². The fourth-order valence-corrected chi connectivity index (χ4v) is 2.81. The third-order valence-electron chi connectivity index (χ3n) is 2.93. The largest absolute Gasteiger partial charge is 1.00 e. The van der Waals surface area contributed by atoms with E-state index in [0.717, 1.165) is 27.1 Å². The lowest BCUT2D eigenvalue weighted by molar-refractivity contribution is -0.741. The number of aromatic nitrogens is 2. The van der Waals surface area contributed by atoms with Crippen LogP contribution in [0.1, 0.15) is 15.6 Å². The highest BCUT2D eigenvalue weighted by Gasteiger charge is 2.14. The molecule has 0 unspecified atom stereocenters. The Balaban J connectivity index is 0.00000242. The van der Waals surface area contributed by atoms with Crippen molar-refractivity contribution in [3.63, 3.8) is 0 Å². The fraction of sp³-hybridized carbons (Fsp3) is 0.250. The van der Waals surface area contributed by atoms with Crippen molar-refractivity contribution in [2.75, 3.05) is 14.2 Å². The first-order valence-corrected chi connectivity index (χ1v) is 7.38. The predicted octanol–water partition coefficient (Wildman–Crippen LogP) is 0.117. The van der Waals surface area contributed by atoms with E-state index in [-0.39, 0.29) is 17.0 Å². The standard InChI is InChI=1S/C16H19N2O2S.BrH/c1-5-11-18-16(21-12(2)17-18)10-9-13-14(19-3)7-6-8-15(13)20-4;/h5-10H,1,11H2,2-4H3;1H/q+1;/p-1. The smallest absolute Gasteiger partial charge is 0.289 e. The first kappa shape index (κ1) is 18.4. The lowest BCUT2D eigenvalue weighted by Gasteiger charge is -2.09. The minimum absolute atomic E-state index is 0. The van der Waals surface area contributed by atoms with Crippen molar-refractivity contribution in [2.24, 2.45) is 0 Å². The molecule has 0 N–H and O–H groups in total. The maximum atomic E-state index is 5.39. The van der Waals surface area contributed by atoms with Crippen LogP contribution < -0.4 is 31.1 Å². The van der Waals surface area contributed by atoms with Crippen LogP contribution in [0.15, 0.2) is 30.9 Å². The lowest BCUT2D eigenvalue weighted by atomic mass is 10.1. The second-order valence-corrected chi connectivity index (χ2v) is 5.55. The van der Waals surface area contributed by atoms with Crippen LogP contribution in [0.4, 0.5) is 0 Å². The van der Waals surface area contributed by atoms with Gasteiger partial charge in [-0.15, -0.1) is 0 Å². The van der Waals surface area contributed by atoms with E-state index < -0.39 is 0 Å². The molecule has 1 aromatic heterocycles. The van der Waals surface area contributed by atoms with E-state index in [1.807, 2.05) is 48.0 Å². The van der Waals surface area contributed by atoms with Gasteiger partial charge in [0.1, 0.15) is 11.5 Å². The number of hydrogen-bond donors (Lipinski definition) is 0. The van der Waals surface area contributed by atoms with Crippen LogP contribution in [-0.2, 0) is 6.54 Å². The second kappa shape index (κ2) is 8.70. The zero-order chi connectivity index (χ0) is 15.2. The quantitative estimate of drug-likeness (QED) is 0.525. The number of allylic oxidation sites excluding steroid dienone is 1. The summed E-state index contributed by atoms with van der Waals surface area (Å²) in [5.41, 5.74) is 0.915. The Bertz CT molecular complexity index is 646. The lowest BCUT2D eigenvalue weighted by Crippen LogP contribution is -3.00. The second-order valence-electron chi connectivity index (χ2n) is 4.34. The van der Waals surface area contributed by atoms with Gasteiger partial charge in [-0.25, -0.2) is 0 Å². The molecule has 22 heavy (non-hydrogen) atoms. The SMILES string of the molecule is C=CC[n+]1nc(C)sc1C=Cc1c(OC)cccc1OC.[Br-]. The molecule has 0 radical (unpaired) electrons.